The second kappa shape index (κ2) is 10.2. The molecule has 0 atom stereocenters. The number of carbonyl (C=O) groups excluding carboxylic acids is 2. The van der Waals surface area contributed by atoms with Gasteiger partial charge in [-0.05, 0) is 25.3 Å². The third-order valence-corrected chi connectivity index (χ3v) is 6.76. The average molecular weight is 468 g/mol. The van der Waals surface area contributed by atoms with Gasteiger partial charge in [0.25, 0.3) is 0 Å². The average Bonchev–Trinajstić information content (AvgIpc) is 3.39. The SMILES string of the molecule is CC(=O)NC1(c2noc(CCC(=O)Nc3nc(-c4ccccc4C)cs3)n2)CCCCCC1. The number of aromatic nitrogens is 3. The van der Waals surface area contributed by atoms with E-state index in [1.807, 2.05) is 36.6 Å². The zero-order valence-electron chi connectivity index (χ0n) is 19.0. The zero-order chi connectivity index (χ0) is 23.3. The molecule has 0 radical (unpaired) electrons. The quantitative estimate of drug-likeness (QED) is 0.485. The van der Waals surface area contributed by atoms with Crippen molar-refractivity contribution >= 4 is 28.3 Å². The first-order valence-electron chi connectivity index (χ1n) is 11.4. The number of hydrogen-bond donors (Lipinski definition) is 2. The first-order valence-corrected chi connectivity index (χ1v) is 12.3. The molecule has 3 aromatic rings. The van der Waals surface area contributed by atoms with Crippen LogP contribution in [0.3, 0.4) is 0 Å². The molecule has 1 aliphatic rings. The first-order chi connectivity index (χ1) is 15.9. The van der Waals surface area contributed by atoms with Crippen molar-refractivity contribution in [2.75, 3.05) is 5.32 Å². The molecule has 174 valence electrons. The molecule has 0 saturated heterocycles. The number of amides is 2. The summed E-state index contributed by atoms with van der Waals surface area (Å²) in [5, 5.41) is 12.6. The smallest absolute Gasteiger partial charge is 0.227 e. The molecule has 1 fully saturated rings. The Morgan fingerprint density at radius 2 is 1.88 bits per heavy atom. The van der Waals surface area contributed by atoms with E-state index in [0.29, 0.717) is 23.3 Å². The van der Waals surface area contributed by atoms with E-state index in [1.54, 1.807) is 0 Å². The van der Waals surface area contributed by atoms with Gasteiger partial charge in [-0.2, -0.15) is 4.98 Å². The molecule has 2 N–H and O–H groups in total. The van der Waals surface area contributed by atoms with Gasteiger partial charge in [0.2, 0.25) is 17.7 Å². The molecule has 2 aromatic heterocycles. The highest BCUT2D eigenvalue weighted by molar-refractivity contribution is 7.14. The van der Waals surface area contributed by atoms with Crippen LogP contribution in [0.2, 0.25) is 0 Å². The standard InChI is InChI=1S/C24H29N5O3S/c1-16-9-5-6-10-18(16)19-15-33-23(25-19)26-20(31)11-12-21-27-22(29-32-21)24(28-17(2)30)13-7-3-4-8-14-24/h5-6,9-10,15H,3-4,7-8,11-14H2,1-2H3,(H,28,30)(H,25,26,31). The number of carbonyl (C=O) groups is 2. The molecule has 1 aliphatic carbocycles. The number of benzene rings is 1. The molecule has 9 heteroatoms. The first kappa shape index (κ1) is 23.1. The van der Waals surface area contributed by atoms with Crippen molar-refractivity contribution in [2.24, 2.45) is 0 Å². The summed E-state index contributed by atoms with van der Waals surface area (Å²) in [5.74, 6) is 0.647. The van der Waals surface area contributed by atoms with Crippen molar-refractivity contribution in [1.29, 1.82) is 0 Å². The topological polar surface area (TPSA) is 110 Å². The summed E-state index contributed by atoms with van der Waals surface area (Å²) in [5.41, 5.74) is 2.46. The summed E-state index contributed by atoms with van der Waals surface area (Å²) in [6, 6.07) is 8.02. The van der Waals surface area contributed by atoms with Crippen LogP contribution in [0.25, 0.3) is 11.3 Å². The summed E-state index contributed by atoms with van der Waals surface area (Å²) in [6.45, 7) is 3.55. The lowest BCUT2D eigenvalue weighted by molar-refractivity contribution is -0.121. The summed E-state index contributed by atoms with van der Waals surface area (Å²) < 4.78 is 5.44. The molecule has 2 heterocycles. The molecule has 2 amide bonds. The monoisotopic (exact) mass is 467 g/mol. The highest BCUT2D eigenvalue weighted by Crippen LogP contribution is 2.34. The Kier molecular flexibility index (Phi) is 7.17. The van der Waals surface area contributed by atoms with Gasteiger partial charge in [-0.3, -0.25) is 9.59 Å². The normalized spacial score (nSPS) is 15.6. The largest absolute Gasteiger partial charge is 0.343 e. The fourth-order valence-corrected chi connectivity index (χ4v) is 5.07. The van der Waals surface area contributed by atoms with Crippen LogP contribution in [-0.4, -0.2) is 26.9 Å². The van der Waals surface area contributed by atoms with Gasteiger partial charge in [0.15, 0.2) is 11.0 Å². The molecule has 8 nitrogen and oxygen atoms in total. The number of aryl methyl sites for hydroxylation is 2. The van der Waals surface area contributed by atoms with Gasteiger partial charge in [0.05, 0.1) is 5.69 Å². The second-order valence-electron chi connectivity index (χ2n) is 8.59. The zero-order valence-corrected chi connectivity index (χ0v) is 19.8. The van der Waals surface area contributed by atoms with Crippen molar-refractivity contribution in [3.05, 3.63) is 46.9 Å². The number of hydrogen-bond acceptors (Lipinski definition) is 7. The summed E-state index contributed by atoms with van der Waals surface area (Å²) in [4.78, 5) is 33.4. The minimum absolute atomic E-state index is 0.101. The highest BCUT2D eigenvalue weighted by Gasteiger charge is 2.38. The van der Waals surface area contributed by atoms with Crippen LogP contribution < -0.4 is 10.6 Å². The molecule has 4 rings (SSSR count). The minimum Gasteiger partial charge on any atom is -0.343 e. The van der Waals surface area contributed by atoms with E-state index in [-0.39, 0.29) is 18.2 Å². The van der Waals surface area contributed by atoms with Gasteiger partial charge in [-0.25, -0.2) is 4.98 Å². The number of nitrogens with zero attached hydrogens (tertiary/aromatic N) is 3. The van der Waals surface area contributed by atoms with E-state index < -0.39 is 5.54 Å². The lowest BCUT2D eigenvalue weighted by Crippen LogP contribution is -2.45. The summed E-state index contributed by atoms with van der Waals surface area (Å²) in [6.07, 6.45) is 6.39. The Labute approximate surface area is 197 Å². The van der Waals surface area contributed by atoms with E-state index in [4.69, 9.17) is 4.52 Å². The maximum Gasteiger partial charge on any atom is 0.227 e. The van der Waals surface area contributed by atoms with Crippen LogP contribution >= 0.6 is 11.3 Å². The Morgan fingerprint density at radius 1 is 1.12 bits per heavy atom. The van der Waals surface area contributed by atoms with Gasteiger partial charge < -0.3 is 15.2 Å². The van der Waals surface area contributed by atoms with E-state index >= 15 is 0 Å². The van der Waals surface area contributed by atoms with E-state index in [9.17, 15) is 9.59 Å². The fourth-order valence-electron chi connectivity index (χ4n) is 4.34. The van der Waals surface area contributed by atoms with Crippen molar-refractivity contribution in [3.63, 3.8) is 0 Å². The van der Waals surface area contributed by atoms with Crippen molar-refractivity contribution in [2.45, 2.75) is 70.8 Å². The van der Waals surface area contributed by atoms with Crippen LogP contribution in [0.1, 0.15) is 69.1 Å². The summed E-state index contributed by atoms with van der Waals surface area (Å²) in [7, 11) is 0. The van der Waals surface area contributed by atoms with Gasteiger partial charge >= 0.3 is 0 Å². The van der Waals surface area contributed by atoms with Gasteiger partial charge in [0.1, 0.15) is 5.54 Å². The lowest BCUT2D eigenvalue weighted by atomic mass is 9.89. The molecular formula is C24H29N5O3S. The number of rotatable bonds is 7. The highest BCUT2D eigenvalue weighted by atomic mass is 32.1. The predicted octanol–water partition coefficient (Wildman–Crippen LogP) is 4.76. The number of anilines is 1. The van der Waals surface area contributed by atoms with Crippen molar-refractivity contribution in [3.8, 4) is 11.3 Å². The number of thiazole rings is 1. The van der Waals surface area contributed by atoms with Crippen molar-refractivity contribution < 1.29 is 14.1 Å². The van der Waals surface area contributed by atoms with E-state index in [2.05, 4.69) is 25.8 Å². The van der Waals surface area contributed by atoms with Gasteiger partial charge in [-0.1, -0.05) is 55.1 Å². The Bertz CT molecular complexity index is 1110. The molecule has 33 heavy (non-hydrogen) atoms. The Morgan fingerprint density at radius 3 is 2.61 bits per heavy atom. The molecule has 1 saturated carbocycles. The van der Waals surface area contributed by atoms with Crippen LogP contribution in [0.4, 0.5) is 5.13 Å². The second-order valence-corrected chi connectivity index (χ2v) is 9.45. The molecule has 0 spiro atoms. The molecular weight excluding hydrogens is 438 g/mol. The van der Waals surface area contributed by atoms with E-state index in [0.717, 1.165) is 55.3 Å². The van der Waals surface area contributed by atoms with E-state index in [1.165, 1.54) is 18.3 Å². The maximum atomic E-state index is 12.5. The number of nitrogens with one attached hydrogen (secondary N) is 2. The predicted molar refractivity (Wildman–Crippen MR) is 127 cm³/mol. The van der Waals surface area contributed by atoms with Crippen LogP contribution in [0, 0.1) is 6.92 Å². The van der Waals surface area contributed by atoms with Crippen LogP contribution in [-0.2, 0) is 21.5 Å². The molecule has 0 aliphatic heterocycles. The van der Waals surface area contributed by atoms with Gasteiger partial charge in [-0.15, -0.1) is 11.3 Å². The fraction of sp³-hybridized carbons (Fsp3) is 0.458. The van der Waals surface area contributed by atoms with Crippen molar-refractivity contribution in [1.82, 2.24) is 20.4 Å². The van der Waals surface area contributed by atoms with Crippen LogP contribution in [0.15, 0.2) is 34.2 Å². The minimum atomic E-state index is -0.584. The maximum absolute atomic E-state index is 12.5. The van der Waals surface area contributed by atoms with Crippen LogP contribution in [0.5, 0.6) is 0 Å². The Balaban J connectivity index is 1.37. The molecule has 0 unspecified atom stereocenters. The molecule has 1 aromatic carbocycles. The lowest BCUT2D eigenvalue weighted by Gasteiger charge is -2.30. The third-order valence-electron chi connectivity index (χ3n) is 6.01. The third kappa shape index (κ3) is 5.65. The van der Waals surface area contributed by atoms with Gasteiger partial charge in [0, 0.05) is 30.7 Å². The summed E-state index contributed by atoms with van der Waals surface area (Å²) >= 11 is 1.40. The Hall–Kier alpha value is -3.07. The molecule has 0 bridgehead atoms.